The molecule has 0 spiro atoms. The fourth-order valence-corrected chi connectivity index (χ4v) is 1.73. The number of carboxylic acids is 1. The molecule has 0 aliphatic carbocycles. The number of benzene rings is 1. The van der Waals surface area contributed by atoms with Gasteiger partial charge in [0.1, 0.15) is 22.8 Å². The van der Waals surface area contributed by atoms with E-state index in [9.17, 15) is 9.59 Å². The Hall–Kier alpha value is -3.09. The minimum absolute atomic E-state index is 0.0562. The Balaban J connectivity index is 1.96. The van der Waals surface area contributed by atoms with Crippen molar-refractivity contribution in [2.45, 2.75) is 26.4 Å². The number of amides is 1. The molecule has 7 nitrogen and oxygen atoms in total. The zero-order chi connectivity index (χ0) is 17.7. The number of nitrogens with one attached hydrogen (secondary N) is 1. The Kier molecular flexibility index (Phi) is 5.03. The van der Waals surface area contributed by atoms with Gasteiger partial charge in [-0.2, -0.15) is 0 Å². The lowest BCUT2D eigenvalue weighted by Crippen LogP contribution is -2.27. The van der Waals surface area contributed by atoms with Crippen LogP contribution in [0.3, 0.4) is 0 Å². The first-order valence-electron chi connectivity index (χ1n) is 7.20. The average Bonchev–Trinajstić information content (AvgIpc) is 2.48. The van der Waals surface area contributed by atoms with Gasteiger partial charge in [-0.3, -0.25) is 5.32 Å². The van der Waals surface area contributed by atoms with Crippen LogP contribution in [0.2, 0.25) is 0 Å². The van der Waals surface area contributed by atoms with E-state index in [2.05, 4.69) is 10.3 Å². The van der Waals surface area contributed by atoms with Gasteiger partial charge in [-0.15, -0.1) is 0 Å². The number of hydrogen-bond donors (Lipinski definition) is 2. The van der Waals surface area contributed by atoms with Gasteiger partial charge >= 0.3 is 12.1 Å². The molecule has 24 heavy (non-hydrogen) atoms. The van der Waals surface area contributed by atoms with Gasteiger partial charge in [0.05, 0.1) is 6.20 Å². The molecule has 0 aliphatic rings. The number of carbonyl (C=O) groups is 2. The molecular formula is C17H18N2O5. The number of pyridine rings is 1. The summed E-state index contributed by atoms with van der Waals surface area (Å²) >= 11 is 0. The fraction of sp³-hybridized carbons (Fsp3) is 0.235. The van der Waals surface area contributed by atoms with Gasteiger partial charge in [-0.05, 0) is 57.2 Å². The number of carboxylic acid groups (broad SMARTS) is 1. The van der Waals surface area contributed by atoms with Crippen molar-refractivity contribution in [2.75, 3.05) is 5.32 Å². The van der Waals surface area contributed by atoms with Crippen LogP contribution < -0.4 is 10.1 Å². The van der Waals surface area contributed by atoms with Gasteiger partial charge in [0.15, 0.2) is 0 Å². The Bertz CT molecular complexity index is 718. The minimum atomic E-state index is -1.10. The summed E-state index contributed by atoms with van der Waals surface area (Å²) < 4.78 is 10.7. The summed E-state index contributed by atoms with van der Waals surface area (Å²) in [5.41, 5.74) is -0.0578. The third-order valence-electron chi connectivity index (χ3n) is 2.69. The van der Waals surface area contributed by atoms with Gasteiger partial charge in [0.2, 0.25) is 0 Å². The maximum Gasteiger partial charge on any atom is 0.412 e. The second-order valence-corrected chi connectivity index (χ2v) is 5.94. The maximum atomic E-state index is 11.7. The molecule has 7 heteroatoms. The van der Waals surface area contributed by atoms with E-state index in [-0.39, 0.29) is 5.69 Å². The normalized spacial score (nSPS) is 10.8. The number of rotatable bonds is 4. The lowest BCUT2D eigenvalue weighted by atomic mass is 10.2. The summed E-state index contributed by atoms with van der Waals surface area (Å²) in [6.07, 6.45) is 0.792. The van der Waals surface area contributed by atoms with E-state index in [1.54, 1.807) is 45.0 Å². The van der Waals surface area contributed by atoms with E-state index in [0.29, 0.717) is 17.2 Å². The van der Waals surface area contributed by atoms with Crippen LogP contribution in [0.5, 0.6) is 11.5 Å². The predicted octanol–water partition coefficient (Wildman–Crippen LogP) is 3.92. The first-order valence-corrected chi connectivity index (χ1v) is 7.20. The highest BCUT2D eigenvalue weighted by Gasteiger charge is 2.16. The average molecular weight is 330 g/mol. The predicted molar refractivity (Wildman–Crippen MR) is 87.6 cm³/mol. The van der Waals surface area contributed by atoms with Crippen LogP contribution in [0.15, 0.2) is 42.6 Å². The van der Waals surface area contributed by atoms with Crippen molar-refractivity contribution >= 4 is 17.7 Å². The SMILES string of the molecule is CC(C)(C)OC(=O)Nc1ccc(Oc2ccc(C(=O)O)nc2)cc1. The van der Waals surface area contributed by atoms with E-state index in [1.807, 2.05) is 0 Å². The second-order valence-electron chi connectivity index (χ2n) is 5.94. The van der Waals surface area contributed by atoms with Gasteiger partial charge in [0.25, 0.3) is 0 Å². The molecule has 2 rings (SSSR count). The molecule has 2 N–H and O–H groups in total. The van der Waals surface area contributed by atoms with Gasteiger partial charge in [-0.1, -0.05) is 0 Å². The van der Waals surface area contributed by atoms with Crippen molar-refractivity contribution in [3.8, 4) is 11.5 Å². The lowest BCUT2D eigenvalue weighted by Gasteiger charge is -2.19. The Labute approximate surface area is 139 Å². The molecule has 1 aromatic heterocycles. The van der Waals surface area contributed by atoms with Crippen molar-refractivity contribution in [2.24, 2.45) is 0 Å². The fourth-order valence-electron chi connectivity index (χ4n) is 1.73. The summed E-state index contributed by atoms with van der Waals surface area (Å²) in [6.45, 7) is 5.35. The molecule has 0 saturated carbocycles. The number of aromatic carboxylic acids is 1. The highest BCUT2D eigenvalue weighted by molar-refractivity contribution is 5.85. The van der Waals surface area contributed by atoms with Crippen molar-refractivity contribution in [3.05, 3.63) is 48.3 Å². The molecule has 0 radical (unpaired) electrons. The molecule has 0 fully saturated rings. The molecule has 0 aliphatic heterocycles. The second kappa shape index (κ2) is 6.99. The van der Waals surface area contributed by atoms with Crippen LogP contribution in [0.4, 0.5) is 10.5 Å². The molecule has 0 atom stereocenters. The number of carbonyl (C=O) groups excluding carboxylic acids is 1. The highest BCUT2D eigenvalue weighted by atomic mass is 16.6. The quantitative estimate of drug-likeness (QED) is 0.881. The smallest absolute Gasteiger partial charge is 0.412 e. The first-order chi connectivity index (χ1) is 11.2. The Morgan fingerprint density at radius 3 is 2.17 bits per heavy atom. The summed E-state index contributed by atoms with van der Waals surface area (Å²) in [5, 5.41) is 11.4. The molecule has 1 amide bonds. The van der Waals surface area contributed by atoms with Gasteiger partial charge in [-0.25, -0.2) is 14.6 Å². The van der Waals surface area contributed by atoms with Gasteiger partial charge in [0, 0.05) is 5.69 Å². The number of ether oxygens (including phenoxy) is 2. The number of anilines is 1. The van der Waals surface area contributed by atoms with Crippen molar-refractivity contribution in [3.63, 3.8) is 0 Å². The van der Waals surface area contributed by atoms with Crippen molar-refractivity contribution in [1.82, 2.24) is 4.98 Å². The standard InChI is InChI=1S/C17H18N2O5/c1-17(2,3)24-16(22)19-11-4-6-12(7-5-11)23-13-8-9-14(15(20)21)18-10-13/h4-10H,1-3H3,(H,19,22)(H,20,21). The van der Waals surface area contributed by atoms with E-state index >= 15 is 0 Å². The summed E-state index contributed by atoms with van der Waals surface area (Å²) in [5.74, 6) is -0.165. The summed E-state index contributed by atoms with van der Waals surface area (Å²) in [6, 6.07) is 9.53. The largest absolute Gasteiger partial charge is 0.477 e. The number of nitrogens with zero attached hydrogens (tertiary/aromatic N) is 1. The Morgan fingerprint density at radius 1 is 1.04 bits per heavy atom. The summed E-state index contributed by atoms with van der Waals surface area (Å²) in [7, 11) is 0. The zero-order valence-electron chi connectivity index (χ0n) is 13.6. The van der Waals surface area contributed by atoms with E-state index in [1.165, 1.54) is 18.3 Å². The lowest BCUT2D eigenvalue weighted by molar-refractivity contribution is 0.0633. The van der Waals surface area contributed by atoms with Crippen LogP contribution in [-0.4, -0.2) is 27.8 Å². The van der Waals surface area contributed by atoms with Crippen LogP contribution in [0.25, 0.3) is 0 Å². The molecule has 2 aromatic rings. The molecule has 0 bridgehead atoms. The zero-order valence-corrected chi connectivity index (χ0v) is 13.6. The van der Waals surface area contributed by atoms with E-state index in [4.69, 9.17) is 14.6 Å². The van der Waals surface area contributed by atoms with E-state index < -0.39 is 17.7 Å². The molecular weight excluding hydrogens is 312 g/mol. The molecule has 0 unspecified atom stereocenters. The maximum absolute atomic E-state index is 11.7. The van der Waals surface area contributed by atoms with Crippen LogP contribution in [-0.2, 0) is 4.74 Å². The van der Waals surface area contributed by atoms with Crippen LogP contribution in [0.1, 0.15) is 31.3 Å². The molecule has 126 valence electrons. The number of aromatic nitrogens is 1. The summed E-state index contributed by atoms with van der Waals surface area (Å²) in [4.78, 5) is 26.2. The molecule has 0 saturated heterocycles. The third-order valence-corrected chi connectivity index (χ3v) is 2.69. The van der Waals surface area contributed by atoms with Crippen LogP contribution >= 0.6 is 0 Å². The molecule has 1 heterocycles. The minimum Gasteiger partial charge on any atom is -0.477 e. The Morgan fingerprint density at radius 2 is 1.67 bits per heavy atom. The number of hydrogen-bond acceptors (Lipinski definition) is 5. The van der Waals surface area contributed by atoms with Crippen molar-refractivity contribution in [1.29, 1.82) is 0 Å². The monoisotopic (exact) mass is 330 g/mol. The first kappa shape index (κ1) is 17.3. The topological polar surface area (TPSA) is 97.8 Å². The van der Waals surface area contributed by atoms with Gasteiger partial charge < -0.3 is 14.6 Å². The third kappa shape index (κ3) is 5.28. The highest BCUT2D eigenvalue weighted by Crippen LogP contribution is 2.23. The molecule has 1 aromatic carbocycles. The van der Waals surface area contributed by atoms with E-state index in [0.717, 1.165) is 0 Å². The van der Waals surface area contributed by atoms with Crippen LogP contribution in [0, 0.1) is 0 Å². The van der Waals surface area contributed by atoms with Crippen molar-refractivity contribution < 1.29 is 24.2 Å².